The molecule has 0 atom stereocenters. The number of amides is 1. The van der Waals surface area contributed by atoms with Crippen molar-refractivity contribution in [3.63, 3.8) is 0 Å². The third-order valence-corrected chi connectivity index (χ3v) is 3.18. The highest BCUT2D eigenvalue weighted by molar-refractivity contribution is 9.10. The van der Waals surface area contributed by atoms with Crippen LogP contribution in [0.3, 0.4) is 0 Å². The van der Waals surface area contributed by atoms with E-state index in [1.807, 2.05) is 0 Å². The minimum absolute atomic E-state index is 0.0548. The number of nitrogen functional groups attached to an aromatic ring is 1. The van der Waals surface area contributed by atoms with Gasteiger partial charge in [-0.3, -0.25) is 4.79 Å². The molecule has 1 saturated carbocycles. The van der Waals surface area contributed by atoms with Crippen LogP contribution in [0.2, 0.25) is 0 Å². The Kier molecular flexibility index (Phi) is 2.90. The topological polar surface area (TPSA) is 68.0 Å². The Morgan fingerprint density at radius 3 is 2.87 bits per heavy atom. The summed E-state index contributed by atoms with van der Waals surface area (Å²) in [4.78, 5) is 15.7. The van der Waals surface area contributed by atoms with Gasteiger partial charge in [-0.2, -0.15) is 0 Å². The number of hydrogen-bond donors (Lipinski definition) is 2. The van der Waals surface area contributed by atoms with Gasteiger partial charge in [0.2, 0.25) is 5.91 Å². The number of rotatable bonds is 2. The van der Waals surface area contributed by atoms with E-state index in [1.165, 1.54) is 6.20 Å². The summed E-state index contributed by atoms with van der Waals surface area (Å²) >= 11 is 3.31. The second-order valence-corrected chi connectivity index (χ2v) is 4.57. The summed E-state index contributed by atoms with van der Waals surface area (Å²) in [7, 11) is 0. The molecule has 0 unspecified atom stereocenters. The quantitative estimate of drug-likeness (QED) is 0.865. The van der Waals surface area contributed by atoms with E-state index < -0.39 is 0 Å². The van der Waals surface area contributed by atoms with Crippen LogP contribution in [0.4, 0.5) is 11.5 Å². The van der Waals surface area contributed by atoms with Crippen LogP contribution in [0, 0.1) is 5.92 Å². The average Bonchev–Trinajstić information content (AvgIpc) is 2.07. The molecule has 1 aromatic heterocycles. The van der Waals surface area contributed by atoms with Crippen LogP contribution in [0.25, 0.3) is 0 Å². The van der Waals surface area contributed by atoms with Gasteiger partial charge < -0.3 is 11.1 Å². The van der Waals surface area contributed by atoms with Gasteiger partial charge in [-0.05, 0) is 34.8 Å². The number of carbonyl (C=O) groups is 1. The fourth-order valence-electron chi connectivity index (χ4n) is 1.43. The minimum atomic E-state index is 0.0548. The van der Waals surface area contributed by atoms with Crippen molar-refractivity contribution in [2.75, 3.05) is 11.1 Å². The summed E-state index contributed by atoms with van der Waals surface area (Å²) in [6, 6.07) is 1.73. The first kappa shape index (κ1) is 10.4. The fraction of sp³-hybridized carbons (Fsp3) is 0.400. The zero-order valence-electron chi connectivity index (χ0n) is 8.16. The molecule has 1 aromatic rings. The van der Waals surface area contributed by atoms with Crippen LogP contribution < -0.4 is 11.1 Å². The van der Waals surface area contributed by atoms with E-state index >= 15 is 0 Å². The van der Waals surface area contributed by atoms with Gasteiger partial charge in [0.25, 0.3) is 0 Å². The van der Waals surface area contributed by atoms with E-state index in [0.29, 0.717) is 11.5 Å². The van der Waals surface area contributed by atoms with Gasteiger partial charge in [0.15, 0.2) is 0 Å². The van der Waals surface area contributed by atoms with Crippen molar-refractivity contribution in [3.05, 3.63) is 16.7 Å². The van der Waals surface area contributed by atoms with E-state index in [2.05, 4.69) is 26.2 Å². The lowest BCUT2D eigenvalue weighted by Crippen LogP contribution is -2.28. The number of hydrogen-bond acceptors (Lipinski definition) is 3. The van der Waals surface area contributed by atoms with Gasteiger partial charge >= 0.3 is 0 Å². The average molecular weight is 270 g/mol. The Bertz CT molecular complexity index is 390. The molecule has 5 heteroatoms. The van der Waals surface area contributed by atoms with Crippen LogP contribution in [0.1, 0.15) is 19.3 Å². The first-order chi connectivity index (χ1) is 7.16. The second kappa shape index (κ2) is 4.18. The highest BCUT2D eigenvalue weighted by Crippen LogP contribution is 2.29. The van der Waals surface area contributed by atoms with Gasteiger partial charge in [0, 0.05) is 5.92 Å². The van der Waals surface area contributed by atoms with E-state index in [-0.39, 0.29) is 11.8 Å². The Morgan fingerprint density at radius 2 is 2.33 bits per heavy atom. The van der Waals surface area contributed by atoms with E-state index in [0.717, 1.165) is 23.7 Å². The molecule has 80 valence electrons. The zero-order valence-corrected chi connectivity index (χ0v) is 9.75. The normalized spacial score (nSPS) is 15.8. The van der Waals surface area contributed by atoms with Gasteiger partial charge in [-0.1, -0.05) is 6.42 Å². The molecule has 0 spiro atoms. The molecule has 2 rings (SSSR count). The molecule has 1 aliphatic carbocycles. The van der Waals surface area contributed by atoms with E-state index in [9.17, 15) is 4.79 Å². The maximum absolute atomic E-state index is 11.6. The van der Waals surface area contributed by atoms with Gasteiger partial charge in [-0.15, -0.1) is 0 Å². The third-order valence-electron chi connectivity index (χ3n) is 2.58. The van der Waals surface area contributed by atoms with Crippen LogP contribution in [0.5, 0.6) is 0 Å². The highest BCUT2D eigenvalue weighted by atomic mass is 79.9. The number of anilines is 2. The van der Waals surface area contributed by atoms with Gasteiger partial charge in [-0.25, -0.2) is 4.98 Å². The smallest absolute Gasteiger partial charge is 0.228 e. The van der Waals surface area contributed by atoms with Crippen molar-refractivity contribution < 1.29 is 4.79 Å². The predicted octanol–water partition coefficient (Wildman–Crippen LogP) is 2.16. The number of aromatic nitrogens is 1. The number of pyridine rings is 1. The maximum atomic E-state index is 11.6. The molecule has 1 aliphatic rings. The molecule has 1 heterocycles. The number of nitrogens with one attached hydrogen (secondary N) is 1. The molecule has 0 bridgehead atoms. The molecule has 0 aromatic carbocycles. The van der Waals surface area contributed by atoms with Crippen molar-refractivity contribution in [1.82, 2.24) is 4.98 Å². The third kappa shape index (κ3) is 2.28. The molecule has 1 amide bonds. The molecular weight excluding hydrogens is 258 g/mol. The molecule has 4 nitrogen and oxygen atoms in total. The number of nitrogens with zero attached hydrogens (tertiary/aromatic N) is 1. The van der Waals surface area contributed by atoms with Crippen LogP contribution in [-0.4, -0.2) is 10.9 Å². The lowest BCUT2D eigenvalue weighted by Gasteiger charge is -2.23. The number of halogens is 1. The first-order valence-corrected chi connectivity index (χ1v) is 5.68. The van der Waals surface area contributed by atoms with E-state index in [1.54, 1.807) is 6.07 Å². The highest BCUT2D eigenvalue weighted by Gasteiger charge is 2.25. The lowest BCUT2D eigenvalue weighted by atomic mass is 9.85. The van der Waals surface area contributed by atoms with Crippen molar-refractivity contribution in [2.24, 2.45) is 5.92 Å². The summed E-state index contributed by atoms with van der Waals surface area (Å²) in [6.45, 7) is 0. The minimum Gasteiger partial charge on any atom is -0.397 e. The Morgan fingerprint density at radius 1 is 1.60 bits per heavy atom. The maximum Gasteiger partial charge on any atom is 0.228 e. The molecule has 15 heavy (non-hydrogen) atoms. The predicted molar refractivity (Wildman–Crippen MR) is 62.3 cm³/mol. The second-order valence-electron chi connectivity index (χ2n) is 3.72. The summed E-state index contributed by atoms with van der Waals surface area (Å²) < 4.78 is 0.718. The molecular formula is C10H12BrN3O. The summed E-state index contributed by atoms with van der Waals surface area (Å²) in [5.74, 6) is 0.761. The standard InChI is InChI=1S/C10H12BrN3O/c11-8-4-7(12)5-13-9(8)14-10(15)6-2-1-3-6/h4-6H,1-3,12H2,(H,13,14,15). The Hall–Kier alpha value is -1.10. The SMILES string of the molecule is Nc1cnc(NC(=O)C2CCC2)c(Br)c1. The summed E-state index contributed by atoms with van der Waals surface area (Å²) in [5, 5.41) is 2.79. The molecule has 3 N–H and O–H groups in total. The van der Waals surface area contributed by atoms with Crippen LogP contribution in [-0.2, 0) is 4.79 Å². The van der Waals surface area contributed by atoms with Crippen molar-refractivity contribution in [2.45, 2.75) is 19.3 Å². The van der Waals surface area contributed by atoms with Gasteiger partial charge in [0.05, 0.1) is 16.4 Å². The largest absolute Gasteiger partial charge is 0.397 e. The van der Waals surface area contributed by atoms with Crippen molar-refractivity contribution in [1.29, 1.82) is 0 Å². The van der Waals surface area contributed by atoms with Crippen molar-refractivity contribution >= 4 is 33.3 Å². The molecule has 0 aliphatic heterocycles. The van der Waals surface area contributed by atoms with Crippen LogP contribution in [0.15, 0.2) is 16.7 Å². The summed E-state index contributed by atoms with van der Waals surface area (Å²) in [6.07, 6.45) is 4.65. The zero-order chi connectivity index (χ0) is 10.8. The molecule has 0 radical (unpaired) electrons. The van der Waals surface area contributed by atoms with E-state index in [4.69, 9.17) is 5.73 Å². The fourth-order valence-corrected chi connectivity index (χ4v) is 1.90. The monoisotopic (exact) mass is 269 g/mol. The number of nitrogens with two attached hydrogens (primary N) is 1. The first-order valence-electron chi connectivity index (χ1n) is 4.88. The Labute approximate surface area is 96.4 Å². The molecule has 1 fully saturated rings. The van der Waals surface area contributed by atoms with Crippen LogP contribution >= 0.6 is 15.9 Å². The molecule has 0 saturated heterocycles. The van der Waals surface area contributed by atoms with Gasteiger partial charge in [0.1, 0.15) is 5.82 Å². The number of carbonyl (C=O) groups excluding carboxylic acids is 1. The Balaban J connectivity index is 2.06. The summed E-state index contributed by atoms with van der Waals surface area (Å²) in [5.41, 5.74) is 6.12. The van der Waals surface area contributed by atoms with Crippen molar-refractivity contribution in [3.8, 4) is 0 Å². The lowest BCUT2D eigenvalue weighted by molar-refractivity contribution is -0.122.